The SMILES string of the molecule is COc1ccc(CNC(=O)CCN(C(C)=O)c2ccc3c(c2)OCO3)cc1. The minimum atomic E-state index is -0.142. The molecule has 3 rings (SSSR count). The van der Waals surface area contributed by atoms with E-state index in [0.717, 1.165) is 11.3 Å². The summed E-state index contributed by atoms with van der Waals surface area (Å²) in [7, 11) is 1.61. The van der Waals surface area contributed by atoms with Crippen LogP contribution in [0.5, 0.6) is 17.2 Å². The van der Waals surface area contributed by atoms with E-state index in [1.807, 2.05) is 24.3 Å². The second-order valence-electron chi connectivity index (χ2n) is 6.08. The molecule has 0 radical (unpaired) electrons. The van der Waals surface area contributed by atoms with Gasteiger partial charge >= 0.3 is 0 Å². The Bertz CT molecular complexity index is 820. The smallest absolute Gasteiger partial charge is 0.231 e. The number of hydrogen-bond acceptors (Lipinski definition) is 5. The quantitative estimate of drug-likeness (QED) is 0.810. The van der Waals surface area contributed by atoms with Gasteiger partial charge in [-0.15, -0.1) is 0 Å². The number of benzene rings is 2. The van der Waals surface area contributed by atoms with Gasteiger partial charge in [-0.2, -0.15) is 0 Å². The lowest BCUT2D eigenvalue weighted by Crippen LogP contribution is -2.33. The van der Waals surface area contributed by atoms with Gasteiger partial charge < -0.3 is 24.4 Å². The molecular weight excluding hydrogens is 348 g/mol. The number of nitrogens with zero attached hydrogens (tertiary/aromatic N) is 1. The molecule has 1 aliphatic heterocycles. The average Bonchev–Trinajstić information content (AvgIpc) is 3.14. The average molecular weight is 370 g/mol. The maximum atomic E-state index is 12.2. The summed E-state index contributed by atoms with van der Waals surface area (Å²) in [4.78, 5) is 25.7. The van der Waals surface area contributed by atoms with Crippen LogP contribution in [0.25, 0.3) is 0 Å². The standard InChI is InChI=1S/C20H22N2O5/c1-14(23)22(16-5-8-18-19(11-16)27-13-26-18)10-9-20(24)21-12-15-3-6-17(25-2)7-4-15/h3-8,11H,9-10,12-13H2,1-2H3,(H,21,24). The lowest BCUT2D eigenvalue weighted by Gasteiger charge is -2.21. The van der Waals surface area contributed by atoms with E-state index in [1.165, 1.54) is 6.92 Å². The van der Waals surface area contributed by atoms with E-state index in [9.17, 15) is 9.59 Å². The van der Waals surface area contributed by atoms with Gasteiger partial charge in [0.1, 0.15) is 5.75 Å². The Kier molecular flexibility index (Phi) is 5.80. The van der Waals surface area contributed by atoms with Crippen molar-refractivity contribution < 1.29 is 23.8 Å². The Morgan fingerprint density at radius 1 is 1.11 bits per heavy atom. The summed E-state index contributed by atoms with van der Waals surface area (Å²) in [5, 5.41) is 2.86. The van der Waals surface area contributed by atoms with Crippen molar-refractivity contribution in [2.45, 2.75) is 19.9 Å². The van der Waals surface area contributed by atoms with E-state index >= 15 is 0 Å². The Hall–Kier alpha value is -3.22. The maximum Gasteiger partial charge on any atom is 0.231 e. The largest absolute Gasteiger partial charge is 0.497 e. The van der Waals surface area contributed by atoms with Gasteiger partial charge in [0, 0.05) is 38.2 Å². The lowest BCUT2D eigenvalue weighted by molar-refractivity contribution is -0.121. The summed E-state index contributed by atoms with van der Waals surface area (Å²) in [5.74, 6) is 1.75. The molecule has 0 bridgehead atoms. The number of anilines is 1. The highest BCUT2D eigenvalue weighted by molar-refractivity contribution is 5.92. The van der Waals surface area contributed by atoms with Crippen molar-refractivity contribution in [2.24, 2.45) is 0 Å². The summed E-state index contributed by atoms with van der Waals surface area (Å²) >= 11 is 0. The first kappa shape index (κ1) is 18.6. The Labute approximate surface area is 157 Å². The summed E-state index contributed by atoms with van der Waals surface area (Å²) in [5.41, 5.74) is 1.65. The fourth-order valence-electron chi connectivity index (χ4n) is 2.77. The number of carbonyl (C=O) groups is 2. The van der Waals surface area contributed by atoms with Gasteiger partial charge in [0.2, 0.25) is 18.6 Å². The van der Waals surface area contributed by atoms with Crippen molar-refractivity contribution in [1.82, 2.24) is 5.32 Å². The van der Waals surface area contributed by atoms with Crippen LogP contribution in [0.4, 0.5) is 5.69 Å². The molecule has 27 heavy (non-hydrogen) atoms. The number of hydrogen-bond donors (Lipinski definition) is 1. The number of methoxy groups -OCH3 is 1. The van der Waals surface area contributed by atoms with E-state index in [0.29, 0.717) is 23.7 Å². The van der Waals surface area contributed by atoms with Crippen LogP contribution in [-0.4, -0.2) is 32.3 Å². The van der Waals surface area contributed by atoms with Crippen LogP contribution in [0.2, 0.25) is 0 Å². The molecule has 7 heteroatoms. The van der Waals surface area contributed by atoms with Crippen molar-refractivity contribution in [3.05, 3.63) is 48.0 Å². The number of nitrogens with one attached hydrogen (secondary N) is 1. The number of ether oxygens (including phenoxy) is 3. The van der Waals surface area contributed by atoms with Crippen LogP contribution in [0.3, 0.4) is 0 Å². The highest BCUT2D eigenvalue weighted by Gasteiger charge is 2.18. The first-order valence-corrected chi connectivity index (χ1v) is 8.64. The number of fused-ring (bicyclic) bond motifs is 1. The summed E-state index contributed by atoms with van der Waals surface area (Å²) in [6, 6.07) is 12.8. The maximum absolute atomic E-state index is 12.2. The third-order valence-electron chi connectivity index (χ3n) is 4.26. The molecule has 142 valence electrons. The Balaban J connectivity index is 1.54. The van der Waals surface area contributed by atoms with Gasteiger partial charge in [0.05, 0.1) is 7.11 Å². The number of rotatable bonds is 7. The number of carbonyl (C=O) groups excluding carboxylic acids is 2. The van der Waals surface area contributed by atoms with Gasteiger partial charge in [0.25, 0.3) is 0 Å². The first-order chi connectivity index (χ1) is 13.1. The van der Waals surface area contributed by atoms with Crippen molar-refractivity contribution in [2.75, 3.05) is 25.3 Å². The van der Waals surface area contributed by atoms with E-state index < -0.39 is 0 Å². The highest BCUT2D eigenvalue weighted by atomic mass is 16.7. The minimum Gasteiger partial charge on any atom is -0.497 e. The normalized spacial score (nSPS) is 11.8. The molecule has 0 atom stereocenters. The van der Waals surface area contributed by atoms with Gasteiger partial charge in [0.15, 0.2) is 11.5 Å². The molecule has 1 aliphatic rings. The molecule has 7 nitrogen and oxygen atoms in total. The third kappa shape index (κ3) is 4.69. The molecule has 1 heterocycles. The van der Waals surface area contributed by atoms with Gasteiger partial charge in [-0.3, -0.25) is 9.59 Å². The summed E-state index contributed by atoms with van der Waals surface area (Å²) in [6.45, 7) is 2.35. The molecule has 0 spiro atoms. The first-order valence-electron chi connectivity index (χ1n) is 8.64. The molecule has 2 aromatic carbocycles. The van der Waals surface area contributed by atoms with Crippen molar-refractivity contribution >= 4 is 17.5 Å². The van der Waals surface area contributed by atoms with Crippen LogP contribution < -0.4 is 24.4 Å². The molecule has 0 saturated heterocycles. The zero-order chi connectivity index (χ0) is 19.2. The molecule has 0 unspecified atom stereocenters. The van der Waals surface area contributed by atoms with Crippen molar-refractivity contribution in [3.63, 3.8) is 0 Å². The molecular formula is C20H22N2O5. The van der Waals surface area contributed by atoms with E-state index in [2.05, 4.69) is 5.32 Å². The zero-order valence-corrected chi connectivity index (χ0v) is 15.4. The summed E-state index contributed by atoms with van der Waals surface area (Å²) in [6.07, 6.45) is 0.199. The van der Waals surface area contributed by atoms with E-state index in [1.54, 1.807) is 30.2 Å². The van der Waals surface area contributed by atoms with Gasteiger partial charge in [-0.1, -0.05) is 12.1 Å². The van der Waals surface area contributed by atoms with Crippen molar-refractivity contribution in [3.8, 4) is 17.2 Å². The molecule has 0 aromatic heterocycles. The van der Waals surface area contributed by atoms with Crippen LogP contribution in [-0.2, 0) is 16.1 Å². The van der Waals surface area contributed by atoms with E-state index in [4.69, 9.17) is 14.2 Å². The molecule has 0 aliphatic carbocycles. The fourth-order valence-corrected chi connectivity index (χ4v) is 2.77. The molecule has 0 saturated carbocycles. The van der Waals surface area contributed by atoms with Crippen LogP contribution in [0.15, 0.2) is 42.5 Å². The monoisotopic (exact) mass is 370 g/mol. The van der Waals surface area contributed by atoms with Crippen LogP contribution >= 0.6 is 0 Å². The summed E-state index contributed by atoms with van der Waals surface area (Å²) < 4.78 is 15.7. The van der Waals surface area contributed by atoms with Gasteiger partial charge in [-0.25, -0.2) is 0 Å². The topological polar surface area (TPSA) is 77.1 Å². The lowest BCUT2D eigenvalue weighted by atomic mass is 10.2. The highest BCUT2D eigenvalue weighted by Crippen LogP contribution is 2.35. The van der Waals surface area contributed by atoms with Crippen LogP contribution in [0, 0.1) is 0 Å². The van der Waals surface area contributed by atoms with Gasteiger partial charge in [-0.05, 0) is 29.8 Å². The third-order valence-corrected chi connectivity index (χ3v) is 4.26. The molecule has 2 amide bonds. The second-order valence-corrected chi connectivity index (χ2v) is 6.08. The molecule has 2 aromatic rings. The van der Waals surface area contributed by atoms with Crippen molar-refractivity contribution in [1.29, 1.82) is 0 Å². The Morgan fingerprint density at radius 2 is 1.85 bits per heavy atom. The molecule has 0 fully saturated rings. The number of amides is 2. The Morgan fingerprint density at radius 3 is 2.56 bits per heavy atom. The fraction of sp³-hybridized carbons (Fsp3) is 0.300. The molecule has 1 N–H and O–H groups in total. The zero-order valence-electron chi connectivity index (χ0n) is 15.4. The minimum absolute atomic E-state index is 0.127. The second kappa shape index (κ2) is 8.44. The van der Waals surface area contributed by atoms with Crippen LogP contribution in [0.1, 0.15) is 18.9 Å². The predicted molar refractivity (Wildman–Crippen MR) is 100 cm³/mol. The predicted octanol–water partition coefficient (Wildman–Crippen LogP) is 2.48. The van der Waals surface area contributed by atoms with E-state index in [-0.39, 0.29) is 31.6 Å².